The van der Waals surface area contributed by atoms with Gasteiger partial charge in [-0.15, -0.1) is 0 Å². The molecule has 6 heteroatoms. The van der Waals surface area contributed by atoms with Gasteiger partial charge >= 0.3 is 0 Å². The van der Waals surface area contributed by atoms with Gasteiger partial charge in [0.25, 0.3) is 0 Å². The second-order valence-corrected chi connectivity index (χ2v) is 7.31. The standard InChI is InChI=1S/C22H28N4O2/c1-17(27)26(21-12-10-19(11-13-21)24(2)3)16-22(28)23-18-6-8-20(9-7-18)25-14-4-5-15-25/h6-13H,4-5,14-16H2,1-3H3,(H,23,28). The first-order chi connectivity index (χ1) is 13.4. The molecule has 1 aliphatic rings. The largest absolute Gasteiger partial charge is 0.378 e. The van der Waals surface area contributed by atoms with E-state index in [1.54, 1.807) is 0 Å². The van der Waals surface area contributed by atoms with Crippen LogP contribution in [-0.2, 0) is 9.59 Å². The number of benzene rings is 2. The summed E-state index contributed by atoms with van der Waals surface area (Å²) in [7, 11) is 3.92. The third kappa shape index (κ3) is 4.82. The van der Waals surface area contributed by atoms with Gasteiger partial charge in [-0.1, -0.05) is 0 Å². The summed E-state index contributed by atoms with van der Waals surface area (Å²) in [6, 6.07) is 15.5. The van der Waals surface area contributed by atoms with Crippen LogP contribution in [0.2, 0.25) is 0 Å². The van der Waals surface area contributed by atoms with Crippen molar-refractivity contribution in [3.63, 3.8) is 0 Å². The van der Waals surface area contributed by atoms with Gasteiger partial charge in [-0.05, 0) is 61.4 Å². The molecule has 28 heavy (non-hydrogen) atoms. The fraction of sp³-hybridized carbons (Fsp3) is 0.364. The number of hydrogen-bond donors (Lipinski definition) is 1. The average molecular weight is 380 g/mol. The molecule has 0 atom stereocenters. The molecule has 0 bridgehead atoms. The molecule has 2 amide bonds. The van der Waals surface area contributed by atoms with Crippen LogP contribution in [0.3, 0.4) is 0 Å². The van der Waals surface area contributed by atoms with Crippen LogP contribution in [0.4, 0.5) is 22.7 Å². The topological polar surface area (TPSA) is 55.9 Å². The molecule has 1 heterocycles. The van der Waals surface area contributed by atoms with Gasteiger partial charge in [-0.25, -0.2) is 0 Å². The Hall–Kier alpha value is -3.02. The Kier molecular flexibility index (Phi) is 6.19. The number of amides is 2. The molecule has 148 valence electrons. The molecule has 0 spiro atoms. The van der Waals surface area contributed by atoms with Crippen LogP contribution >= 0.6 is 0 Å². The summed E-state index contributed by atoms with van der Waals surface area (Å²) in [5.41, 5.74) is 3.66. The Morgan fingerprint density at radius 1 is 0.929 bits per heavy atom. The number of nitrogens with zero attached hydrogens (tertiary/aromatic N) is 3. The minimum Gasteiger partial charge on any atom is -0.378 e. The number of carbonyl (C=O) groups excluding carboxylic acids is 2. The first kappa shape index (κ1) is 19.7. The fourth-order valence-electron chi connectivity index (χ4n) is 3.39. The Balaban J connectivity index is 1.63. The summed E-state index contributed by atoms with van der Waals surface area (Å²) < 4.78 is 0. The number of nitrogens with one attached hydrogen (secondary N) is 1. The molecular weight excluding hydrogens is 352 g/mol. The van der Waals surface area contributed by atoms with E-state index in [0.717, 1.165) is 24.5 Å². The molecule has 1 fully saturated rings. The normalized spacial score (nSPS) is 13.3. The van der Waals surface area contributed by atoms with Crippen molar-refractivity contribution in [3.05, 3.63) is 48.5 Å². The molecule has 0 aliphatic carbocycles. The van der Waals surface area contributed by atoms with Crippen LogP contribution in [0.1, 0.15) is 19.8 Å². The van der Waals surface area contributed by atoms with Crippen LogP contribution in [-0.4, -0.2) is 45.5 Å². The zero-order valence-electron chi connectivity index (χ0n) is 16.8. The molecular formula is C22H28N4O2. The molecule has 1 N–H and O–H groups in total. The molecule has 3 rings (SSSR count). The Morgan fingerprint density at radius 2 is 1.50 bits per heavy atom. The predicted octanol–water partition coefficient (Wildman–Crippen LogP) is 3.34. The van der Waals surface area contributed by atoms with Gasteiger partial charge in [-0.3, -0.25) is 9.59 Å². The maximum atomic E-state index is 12.5. The minimum atomic E-state index is -0.221. The molecule has 2 aromatic rings. The molecule has 0 saturated carbocycles. The zero-order chi connectivity index (χ0) is 20.1. The molecule has 6 nitrogen and oxygen atoms in total. The third-order valence-corrected chi connectivity index (χ3v) is 4.98. The van der Waals surface area contributed by atoms with Crippen LogP contribution in [0.25, 0.3) is 0 Å². The molecule has 1 aliphatic heterocycles. The first-order valence-electron chi connectivity index (χ1n) is 9.64. The van der Waals surface area contributed by atoms with Crippen LogP contribution < -0.4 is 20.0 Å². The van der Waals surface area contributed by atoms with E-state index in [0.29, 0.717) is 5.69 Å². The smallest absolute Gasteiger partial charge is 0.244 e. The van der Waals surface area contributed by atoms with Gasteiger partial charge in [0, 0.05) is 56.9 Å². The molecule has 1 saturated heterocycles. The van der Waals surface area contributed by atoms with Gasteiger partial charge in [0.05, 0.1) is 0 Å². The molecule has 0 radical (unpaired) electrons. The van der Waals surface area contributed by atoms with E-state index in [1.807, 2.05) is 67.5 Å². The summed E-state index contributed by atoms with van der Waals surface area (Å²) in [4.78, 5) is 30.4. The molecule has 0 aromatic heterocycles. The summed E-state index contributed by atoms with van der Waals surface area (Å²) in [5, 5.41) is 2.88. The van der Waals surface area contributed by atoms with Crippen molar-refractivity contribution in [2.24, 2.45) is 0 Å². The van der Waals surface area contributed by atoms with E-state index in [-0.39, 0.29) is 18.4 Å². The average Bonchev–Trinajstić information content (AvgIpc) is 3.21. The quantitative estimate of drug-likeness (QED) is 0.835. The minimum absolute atomic E-state index is 0.0233. The maximum absolute atomic E-state index is 12.5. The fourth-order valence-corrected chi connectivity index (χ4v) is 3.39. The van der Waals surface area contributed by atoms with E-state index in [2.05, 4.69) is 10.2 Å². The highest BCUT2D eigenvalue weighted by Gasteiger charge is 2.17. The monoisotopic (exact) mass is 380 g/mol. The van der Waals surface area contributed by atoms with E-state index < -0.39 is 0 Å². The summed E-state index contributed by atoms with van der Waals surface area (Å²) in [5.74, 6) is -0.391. The zero-order valence-corrected chi connectivity index (χ0v) is 16.8. The van der Waals surface area contributed by atoms with E-state index in [9.17, 15) is 9.59 Å². The van der Waals surface area contributed by atoms with E-state index in [1.165, 1.54) is 30.4 Å². The van der Waals surface area contributed by atoms with Gasteiger partial charge in [0.1, 0.15) is 6.54 Å². The van der Waals surface area contributed by atoms with Crippen LogP contribution in [0.15, 0.2) is 48.5 Å². The second-order valence-electron chi connectivity index (χ2n) is 7.31. The lowest BCUT2D eigenvalue weighted by Crippen LogP contribution is -2.36. The van der Waals surface area contributed by atoms with Crippen molar-refractivity contribution in [1.82, 2.24) is 0 Å². The number of carbonyl (C=O) groups is 2. The second kappa shape index (κ2) is 8.78. The number of anilines is 4. The molecule has 2 aromatic carbocycles. The van der Waals surface area contributed by atoms with Gasteiger partial charge < -0.3 is 20.0 Å². The van der Waals surface area contributed by atoms with E-state index in [4.69, 9.17) is 0 Å². The number of hydrogen-bond acceptors (Lipinski definition) is 4. The lowest BCUT2D eigenvalue weighted by Gasteiger charge is -2.22. The van der Waals surface area contributed by atoms with Crippen molar-refractivity contribution < 1.29 is 9.59 Å². The lowest BCUT2D eigenvalue weighted by molar-refractivity contribution is -0.120. The Labute approximate surface area is 166 Å². The summed E-state index contributed by atoms with van der Waals surface area (Å²) >= 11 is 0. The van der Waals surface area contributed by atoms with Crippen molar-refractivity contribution in [3.8, 4) is 0 Å². The van der Waals surface area contributed by atoms with Gasteiger partial charge in [0.15, 0.2) is 0 Å². The van der Waals surface area contributed by atoms with Gasteiger partial charge in [-0.2, -0.15) is 0 Å². The van der Waals surface area contributed by atoms with Crippen LogP contribution in [0.5, 0.6) is 0 Å². The Morgan fingerprint density at radius 3 is 2.04 bits per heavy atom. The Bertz CT molecular complexity index is 809. The van der Waals surface area contributed by atoms with Crippen molar-refractivity contribution in [2.75, 3.05) is 53.7 Å². The predicted molar refractivity (Wildman–Crippen MR) is 115 cm³/mol. The highest BCUT2D eigenvalue weighted by atomic mass is 16.2. The van der Waals surface area contributed by atoms with Crippen molar-refractivity contribution in [1.29, 1.82) is 0 Å². The number of rotatable bonds is 6. The van der Waals surface area contributed by atoms with Gasteiger partial charge in [0.2, 0.25) is 11.8 Å². The highest BCUT2D eigenvalue weighted by Crippen LogP contribution is 2.23. The first-order valence-corrected chi connectivity index (χ1v) is 9.64. The van der Waals surface area contributed by atoms with Crippen molar-refractivity contribution in [2.45, 2.75) is 19.8 Å². The lowest BCUT2D eigenvalue weighted by atomic mass is 10.2. The van der Waals surface area contributed by atoms with Crippen LogP contribution in [0, 0.1) is 0 Å². The molecule has 0 unspecified atom stereocenters. The summed E-state index contributed by atoms with van der Waals surface area (Å²) in [6.07, 6.45) is 2.46. The highest BCUT2D eigenvalue weighted by molar-refractivity contribution is 6.01. The van der Waals surface area contributed by atoms with E-state index >= 15 is 0 Å². The SMILES string of the molecule is CC(=O)N(CC(=O)Nc1ccc(N2CCCC2)cc1)c1ccc(N(C)C)cc1. The third-order valence-electron chi connectivity index (χ3n) is 4.98. The summed E-state index contributed by atoms with van der Waals surface area (Å²) in [6.45, 7) is 3.63. The van der Waals surface area contributed by atoms with Crippen molar-refractivity contribution >= 4 is 34.6 Å². The maximum Gasteiger partial charge on any atom is 0.244 e.